The van der Waals surface area contributed by atoms with Crippen LogP contribution in [0.4, 0.5) is 11.6 Å². The van der Waals surface area contributed by atoms with Gasteiger partial charge in [-0.25, -0.2) is 9.97 Å². The first kappa shape index (κ1) is 15.9. The fourth-order valence-corrected chi connectivity index (χ4v) is 1.93. The SMILES string of the molecule is CN(C)CCCNC(=O)c1cccc(Nc2ncccn2)c1. The molecule has 0 radical (unpaired) electrons. The second-order valence-corrected chi connectivity index (χ2v) is 5.19. The maximum Gasteiger partial charge on any atom is 0.251 e. The van der Waals surface area contributed by atoms with Crippen LogP contribution in [0.15, 0.2) is 42.7 Å². The minimum atomic E-state index is -0.0728. The highest BCUT2D eigenvalue weighted by atomic mass is 16.1. The van der Waals surface area contributed by atoms with Crippen LogP contribution in [0, 0.1) is 0 Å². The van der Waals surface area contributed by atoms with Crippen molar-refractivity contribution in [3.05, 3.63) is 48.3 Å². The maximum atomic E-state index is 12.1. The van der Waals surface area contributed by atoms with Crippen LogP contribution in [-0.4, -0.2) is 48.0 Å². The molecule has 116 valence electrons. The molecule has 0 saturated heterocycles. The zero-order valence-corrected chi connectivity index (χ0v) is 12.9. The first-order valence-electron chi connectivity index (χ1n) is 7.22. The maximum absolute atomic E-state index is 12.1. The Morgan fingerprint density at radius 3 is 2.68 bits per heavy atom. The van der Waals surface area contributed by atoms with Crippen molar-refractivity contribution >= 4 is 17.5 Å². The Bertz CT molecular complexity index is 600. The van der Waals surface area contributed by atoms with Crippen molar-refractivity contribution in [2.45, 2.75) is 6.42 Å². The summed E-state index contributed by atoms with van der Waals surface area (Å²) in [5.41, 5.74) is 1.40. The van der Waals surface area contributed by atoms with Crippen LogP contribution < -0.4 is 10.6 Å². The van der Waals surface area contributed by atoms with Gasteiger partial charge in [-0.1, -0.05) is 6.07 Å². The Morgan fingerprint density at radius 2 is 1.95 bits per heavy atom. The van der Waals surface area contributed by atoms with Crippen molar-refractivity contribution in [2.24, 2.45) is 0 Å². The van der Waals surface area contributed by atoms with Crippen LogP contribution in [0.3, 0.4) is 0 Å². The molecular weight excluding hydrogens is 278 g/mol. The molecule has 0 saturated carbocycles. The first-order valence-corrected chi connectivity index (χ1v) is 7.22. The van der Waals surface area contributed by atoms with Gasteiger partial charge in [0, 0.05) is 30.2 Å². The van der Waals surface area contributed by atoms with Crippen molar-refractivity contribution in [2.75, 3.05) is 32.5 Å². The average molecular weight is 299 g/mol. The number of rotatable bonds is 7. The molecule has 1 amide bonds. The molecule has 0 fully saturated rings. The topological polar surface area (TPSA) is 70.2 Å². The summed E-state index contributed by atoms with van der Waals surface area (Å²) in [4.78, 5) is 22.4. The third-order valence-corrected chi connectivity index (χ3v) is 3.01. The second-order valence-electron chi connectivity index (χ2n) is 5.19. The number of aromatic nitrogens is 2. The molecule has 0 aliphatic carbocycles. The summed E-state index contributed by atoms with van der Waals surface area (Å²) >= 11 is 0. The van der Waals surface area contributed by atoms with E-state index in [0.717, 1.165) is 18.7 Å². The van der Waals surface area contributed by atoms with E-state index in [4.69, 9.17) is 0 Å². The molecule has 0 aliphatic heterocycles. The highest BCUT2D eigenvalue weighted by Crippen LogP contribution is 2.14. The van der Waals surface area contributed by atoms with Crippen LogP contribution >= 0.6 is 0 Å². The third-order valence-electron chi connectivity index (χ3n) is 3.01. The van der Waals surface area contributed by atoms with Gasteiger partial charge < -0.3 is 15.5 Å². The van der Waals surface area contributed by atoms with Gasteiger partial charge >= 0.3 is 0 Å². The average Bonchev–Trinajstić information content (AvgIpc) is 2.52. The number of nitrogens with one attached hydrogen (secondary N) is 2. The lowest BCUT2D eigenvalue weighted by molar-refractivity contribution is 0.0952. The molecule has 0 unspecified atom stereocenters. The van der Waals surface area contributed by atoms with E-state index in [0.29, 0.717) is 18.1 Å². The summed E-state index contributed by atoms with van der Waals surface area (Å²) in [7, 11) is 4.03. The first-order chi connectivity index (χ1) is 10.6. The molecule has 2 aromatic rings. The smallest absolute Gasteiger partial charge is 0.251 e. The molecule has 0 spiro atoms. The molecule has 1 aromatic carbocycles. The van der Waals surface area contributed by atoms with E-state index in [9.17, 15) is 4.79 Å². The Kier molecular flexibility index (Phi) is 5.85. The summed E-state index contributed by atoms with van der Waals surface area (Å²) in [5, 5.41) is 5.99. The van der Waals surface area contributed by atoms with Crippen LogP contribution in [0.1, 0.15) is 16.8 Å². The van der Waals surface area contributed by atoms with Crippen molar-refractivity contribution in [3.63, 3.8) is 0 Å². The fraction of sp³-hybridized carbons (Fsp3) is 0.312. The number of anilines is 2. The van der Waals surface area contributed by atoms with E-state index in [1.54, 1.807) is 30.6 Å². The van der Waals surface area contributed by atoms with Crippen molar-refractivity contribution in [1.82, 2.24) is 20.2 Å². The van der Waals surface area contributed by atoms with Crippen molar-refractivity contribution < 1.29 is 4.79 Å². The minimum absolute atomic E-state index is 0.0728. The summed E-state index contributed by atoms with van der Waals surface area (Å²) in [6.45, 7) is 1.61. The monoisotopic (exact) mass is 299 g/mol. The molecule has 1 heterocycles. The van der Waals surface area contributed by atoms with E-state index in [1.165, 1.54) is 0 Å². The lowest BCUT2D eigenvalue weighted by Gasteiger charge is -2.10. The second kappa shape index (κ2) is 8.09. The quantitative estimate of drug-likeness (QED) is 0.764. The van der Waals surface area contributed by atoms with Gasteiger partial charge in [0.05, 0.1) is 0 Å². The van der Waals surface area contributed by atoms with Gasteiger partial charge in [-0.3, -0.25) is 4.79 Å². The molecule has 2 rings (SSSR count). The van der Waals surface area contributed by atoms with E-state index >= 15 is 0 Å². The number of amides is 1. The highest BCUT2D eigenvalue weighted by Gasteiger charge is 2.06. The summed E-state index contributed by atoms with van der Waals surface area (Å²) in [5.74, 6) is 0.433. The van der Waals surface area contributed by atoms with Crippen LogP contribution in [-0.2, 0) is 0 Å². The van der Waals surface area contributed by atoms with Crippen molar-refractivity contribution in [1.29, 1.82) is 0 Å². The standard InChI is InChI=1S/C16H21N5O/c1-21(2)11-5-10-17-15(22)13-6-3-7-14(12-13)20-16-18-8-4-9-19-16/h3-4,6-9,12H,5,10-11H2,1-2H3,(H,17,22)(H,18,19,20). The van der Waals surface area contributed by atoms with E-state index < -0.39 is 0 Å². The van der Waals surface area contributed by atoms with E-state index in [-0.39, 0.29) is 5.91 Å². The normalized spacial score (nSPS) is 10.5. The molecular formula is C16H21N5O. The number of carbonyl (C=O) groups excluding carboxylic acids is 1. The molecule has 6 heteroatoms. The van der Waals surface area contributed by atoms with Gasteiger partial charge in [-0.2, -0.15) is 0 Å². The number of hydrogen-bond acceptors (Lipinski definition) is 5. The number of hydrogen-bond donors (Lipinski definition) is 2. The van der Waals surface area contributed by atoms with Gasteiger partial charge in [-0.15, -0.1) is 0 Å². The molecule has 0 bridgehead atoms. The van der Waals surface area contributed by atoms with Gasteiger partial charge in [0.2, 0.25) is 5.95 Å². The van der Waals surface area contributed by atoms with Gasteiger partial charge in [0.1, 0.15) is 0 Å². The lowest BCUT2D eigenvalue weighted by atomic mass is 10.2. The fourth-order valence-electron chi connectivity index (χ4n) is 1.93. The summed E-state index contributed by atoms with van der Waals surface area (Å²) in [6.07, 6.45) is 4.25. The Hall–Kier alpha value is -2.47. The number of carbonyl (C=O) groups is 1. The molecule has 0 atom stereocenters. The zero-order valence-electron chi connectivity index (χ0n) is 12.9. The predicted molar refractivity (Wildman–Crippen MR) is 87.3 cm³/mol. The summed E-state index contributed by atoms with van der Waals surface area (Å²) < 4.78 is 0. The molecule has 6 nitrogen and oxygen atoms in total. The lowest BCUT2D eigenvalue weighted by Crippen LogP contribution is -2.27. The Labute approximate surface area is 130 Å². The highest BCUT2D eigenvalue weighted by molar-refractivity contribution is 5.95. The minimum Gasteiger partial charge on any atom is -0.352 e. The third kappa shape index (κ3) is 5.14. The van der Waals surface area contributed by atoms with Crippen LogP contribution in [0.2, 0.25) is 0 Å². The molecule has 0 aliphatic rings. The van der Waals surface area contributed by atoms with Crippen LogP contribution in [0.5, 0.6) is 0 Å². The molecule has 2 N–H and O–H groups in total. The van der Waals surface area contributed by atoms with Crippen molar-refractivity contribution in [3.8, 4) is 0 Å². The molecule has 1 aromatic heterocycles. The van der Waals surface area contributed by atoms with E-state index in [1.807, 2.05) is 26.2 Å². The van der Waals surface area contributed by atoms with E-state index in [2.05, 4.69) is 25.5 Å². The summed E-state index contributed by atoms with van der Waals surface area (Å²) in [6, 6.07) is 9.04. The Morgan fingerprint density at radius 1 is 1.18 bits per heavy atom. The largest absolute Gasteiger partial charge is 0.352 e. The van der Waals surface area contributed by atoms with Gasteiger partial charge in [-0.05, 0) is 51.3 Å². The zero-order chi connectivity index (χ0) is 15.8. The van der Waals surface area contributed by atoms with Gasteiger partial charge in [0.15, 0.2) is 0 Å². The predicted octanol–water partition coefficient (Wildman–Crippen LogP) is 1.90. The number of nitrogens with zero attached hydrogens (tertiary/aromatic N) is 3. The number of benzene rings is 1. The van der Waals surface area contributed by atoms with Crippen LogP contribution in [0.25, 0.3) is 0 Å². The van der Waals surface area contributed by atoms with Gasteiger partial charge in [0.25, 0.3) is 5.91 Å². The Balaban J connectivity index is 1.91. The molecule has 22 heavy (non-hydrogen) atoms.